The van der Waals surface area contributed by atoms with E-state index in [2.05, 4.69) is 4.72 Å². The van der Waals surface area contributed by atoms with Crippen LogP contribution in [0.1, 0.15) is 40.5 Å². The third-order valence-corrected chi connectivity index (χ3v) is 5.39. The predicted molar refractivity (Wildman–Crippen MR) is 65.1 cm³/mol. The summed E-state index contributed by atoms with van der Waals surface area (Å²) < 4.78 is 26.2. The summed E-state index contributed by atoms with van der Waals surface area (Å²) in [6.45, 7) is 6.25. The van der Waals surface area contributed by atoms with E-state index in [9.17, 15) is 13.2 Å². The van der Waals surface area contributed by atoms with E-state index >= 15 is 0 Å². The average Bonchev–Trinajstić information content (AvgIpc) is 2.84. The maximum Gasteiger partial charge on any atom is 0.310 e. The first-order valence-corrected chi connectivity index (χ1v) is 7.38. The zero-order valence-corrected chi connectivity index (χ0v) is 11.6. The second kappa shape index (κ2) is 4.24. The highest BCUT2D eigenvalue weighted by atomic mass is 32.2. The minimum atomic E-state index is -3.41. The SMILES string of the molecule is CC(C)(NS(=O)(=O)CC1CC1)C(C)(C)C(=O)O. The maximum absolute atomic E-state index is 11.9. The van der Waals surface area contributed by atoms with Gasteiger partial charge in [0.2, 0.25) is 10.0 Å². The van der Waals surface area contributed by atoms with Crippen LogP contribution < -0.4 is 4.72 Å². The van der Waals surface area contributed by atoms with Gasteiger partial charge in [-0.2, -0.15) is 0 Å². The van der Waals surface area contributed by atoms with E-state index in [-0.39, 0.29) is 11.7 Å². The van der Waals surface area contributed by atoms with E-state index in [0.29, 0.717) is 0 Å². The molecule has 1 aliphatic rings. The lowest BCUT2D eigenvalue weighted by atomic mass is 9.75. The molecule has 0 unspecified atom stereocenters. The number of aliphatic carboxylic acids is 1. The molecule has 0 saturated heterocycles. The Morgan fingerprint density at radius 3 is 2.12 bits per heavy atom. The molecule has 0 radical (unpaired) electrons. The number of rotatable bonds is 6. The topological polar surface area (TPSA) is 83.5 Å². The Hall–Kier alpha value is -0.620. The Morgan fingerprint density at radius 2 is 1.76 bits per heavy atom. The van der Waals surface area contributed by atoms with Crippen molar-refractivity contribution < 1.29 is 18.3 Å². The molecular formula is C11H21NO4S. The van der Waals surface area contributed by atoms with Crippen molar-refractivity contribution in [3.63, 3.8) is 0 Å². The van der Waals surface area contributed by atoms with Crippen molar-refractivity contribution in [3.05, 3.63) is 0 Å². The van der Waals surface area contributed by atoms with Crippen LogP contribution in [0.4, 0.5) is 0 Å². The number of carbonyl (C=O) groups is 1. The highest BCUT2D eigenvalue weighted by Crippen LogP contribution is 2.34. The minimum Gasteiger partial charge on any atom is -0.481 e. The first-order chi connectivity index (χ1) is 7.48. The molecule has 1 rings (SSSR count). The largest absolute Gasteiger partial charge is 0.481 e. The van der Waals surface area contributed by atoms with E-state index in [0.717, 1.165) is 12.8 Å². The lowest BCUT2D eigenvalue weighted by Crippen LogP contribution is -2.57. The smallest absolute Gasteiger partial charge is 0.310 e. The van der Waals surface area contributed by atoms with Crippen LogP contribution >= 0.6 is 0 Å². The van der Waals surface area contributed by atoms with Gasteiger partial charge < -0.3 is 5.11 Å². The summed E-state index contributed by atoms with van der Waals surface area (Å²) in [6, 6.07) is 0. The Labute approximate surface area is 103 Å². The molecule has 17 heavy (non-hydrogen) atoms. The Bertz CT molecular complexity index is 407. The first kappa shape index (κ1) is 14.4. The van der Waals surface area contributed by atoms with Crippen molar-refractivity contribution in [1.29, 1.82) is 0 Å². The molecule has 0 heterocycles. The summed E-state index contributed by atoms with van der Waals surface area (Å²) in [6.07, 6.45) is 1.90. The van der Waals surface area contributed by atoms with Gasteiger partial charge >= 0.3 is 5.97 Å². The monoisotopic (exact) mass is 263 g/mol. The van der Waals surface area contributed by atoms with E-state index in [1.165, 1.54) is 13.8 Å². The molecule has 0 spiro atoms. The molecule has 5 nitrogen and oxygen atoms in total. The number of hydrogen-bond donors (Lipinski definition) is 2. The van der Waals surface area contributed by atoms with Crippen molar-refractivity contribution in [1.82, 2.24) is 4.72 Å². The van der Waals surface area contributed by atoms with E-state index in [1.54, 1.807) is 13.8 Å². The van der Waals surface area contributed by atoms with Crippen molar-refractivity contribution >= 4 is 16.0 Å². The van der Waals surface area contributed by atoms with Gasteiger partial charge in [0.1, 0.15) is 0 Å². The standard InChI is InChI=1S/C11H21NO4S/c1-10(2,9(13)14)11(3,4)12-17(15,16)7-8-5-6-8/h8,12H,5-7H2,1-4H3,(H,13,14). The minimum absolute atomic E-state index is 0.103. The van der Waals surface area contributed by atoms with Crippen LogP contribution in [-0.4, -0.2) is 30.8 Å². The molecule has 0 aliphatic heterocycles. The van der Waals surface area contributed by atoms with Gasteiger partial charge in [0.25, 0.3) is 0 Å². The fraction of sp³-hybridized carbons (Fsp3) is 0.909. The van der Waals surface area contributed by atoms with Crippen molar-refractivity contribution in [2.45, 2.75) is 46.1 Å². The van der Waals surface area contributed by atoms with Gasteiger partial charge in [0.15, 0.2) is 0 Å². The molecule has 0 amide bonds. The highest BCUT2D eigenvalue weighted by Gasteiger charge is 2.46. The van der Waals surface area contributed by atoms with Crippen LogP contribution in [0.15, 0.2) is 0 Å². The molecular weight excluding hydrogens is 242 g/mol. The van der Waals surface area contributed by atoms with Crippen molar-refractivity contribution in [3.8, 4) is 0 Å². The predicted octanol–water partition coefficient (Wildman–Crippen LogP) is 1.21. The Kier molecular flexibility index (Phi) is 3.60. The summed E-state index contributed by atoms with van der Waals surface area (Å²) in [5.41, 5.74) is -2.18. The highest BCUT2D eigenvalue weighted by molar-refractivity contribution is 7.89. The molecule has 0 bridgehead atoms. The van der Waals surface area contributed by atoms with E-state index in [1.807, 2.05) is 0 Å². The summed E-state index contributed by atoms with van der Waals surface area (Å²) in [7, 11) is -3.41. The van der Waals surface area contributed by atoms with Crippen LogP contribution in [0.2, 0.25) is 0 Å². The maximum atomic E-state index is 11.9. The molecule has 0 atom stereocenters. The van der Waals surface area contributed by atoms with E-state index < -0.39 is 26.9 Å². The van der Waals surface area contributed by atoms with Gasteiger partial charge in [0, 0.05) is 5.54 Å². The van der Waals surface area contributed by atoms with Gasteiger partial charge in [-0.25, -0.2) is 13.1 Å². The molecule has 100 valence electrons. The summed E-state index contributed by atoms with van der Waals surface area (Å²) in [5.74, 6) is -0.667. The lowest BCUT2D eigenvalue weighted by Gasteiger charge is -2.38. The normalized spacial score (nSPS) is 18.1. The van der Waals surface area contributed by atoms with Crippen molar-refractivity contribution in [2.75, 3.05) is 5.75 Å². The zero-order chi connectivity index (χ0) is 13.5. The zero-order valence-electron chi connectivity index (χ0n) is 10.8. The first-order valence-electron chi connectivity index (χ1n) is 5.73. The van der Waals surface area contributed by atoms with Gasteiger partial charge in [-0.15, -0.1) is 0 Å². The lowest BCUT2D eigenvalue weighted by molar-refractivity contribution is -0.150. The molecule has 1 fully saturated rings. The van der Waals surface area contributed by atoms with Gasteiger partial charge in [-0.3, -0.25) is 4.79 Å². The van der Waals surface area contributed by atoms with Crippen LogP contribution in [0.5, 0.6) is 0 Å². The van der Waals surface area contributed by atoms with Crippen LogP contribution in [0.25, 0.3) is 0 Å². The second-order valence-electron chi connectivity index (χ2n) is 5.88. The van der Waals surface area contributed by atoms with Crippen LogP contribution in [0.3, 0.4) is 0 Å². The molecule has 1 aliphatic carbocycles. The number of carboxylic acid groups (broad SMARTS) is 1. The van der Waals surface area contributed by atoms with E-state index in [4.69, 9.17) is 5.11 Å². The number of hydrogen-bond acceptors (Lipinski definition) is 3. The molecule has 6 heteroatoms. The summed E-state index contributed by atoms with van der Waals surface area (Å²) >= 11 is 0. The fourth-order valence-corrected chi connectivity index (χ4v) is 3.49. The number of carboxylic acids is 1. The third kappa shape index (κ3) is 3.42. The molecule has 2 N–H and O–H groups in total. The molecule has 1 saturated carbocycles. The molecule has 0 aromatic carbocycles. The van der Waals surface area contributed by atoms with Gasteiger partial charge in [0.05, 0.1) is 11.2 Å². The van der Waals surface area contributed by atoms with Gasteiger partial charge in [-0.1, -0.05) is 0 Å². The fourth-order valence-electron chi connectivity index (χ4n) is 1.42. The number of nitrogens with one attached hydrogen (secondary N) is 1. The quantitative estimate of drug-likeness (QED) is 0.754. The van der Waals surface area contributed by atoms with Crippen LogP contribution in [-0.2, 0) is 14.8 Å². The summed E-state index contributed by atoms with van der Waals surface area (Å²) in [4.78, 5) is 11.2. The molecule has 0 aromatic heterocycles. The van der Waals surface area contributed by atoms with Gasteiger partial charge in [-0.05, 0) is 46.5 Å². The average molecular weight is 263 g/mol. The van der Waals surface area contributed by atoms with Crippen LogP contribution in [0, 0.1) is 11.3 Å². The second-order valence-corrected chi connectivity index (χ2v) is 7.65. The Balaban J connectivity index is 2.80. The van der Waals surface area contributed by atoms with Crippen molar-refractivity contribution in [2.24, 2.45) is 11.3 Å². The summed E-state index contributed by atoms with van der Waals surface area (Å²) in [5, 5.41) is 9.13. The number of sulfonamides is 1. The molecule has 0 aromatic rings. The Morgan fingerprint density at radius 1 is 1.29 bits per heavy atom. The third-order valence-electron chi connectivity index (χ3n) is 3.66.